The van der Waals surface area contributed by atoms with Crippen LogP contribution in [-0.4, -0.2) is 40.9 Å². The smallest absolute Gasteiger partial charge is 0.341 e. The van der Waals surface area contributed by atoms with E-state index in [0.717, 1.165) is 12.1 Å². The van der Waals surface area contributed by atoms with Gasteiger partial charge in [0.15, 0.2) is 18.1 Å². The molecular formula is C16H14N4O8. The fourth-order valence-corrected chi connectivity index (χ4v) is 2.08. The molecule has 12 nitrogen and oxygen atoms in total. The lowest BCUT2D eigenvalue weighted by molar-refractivity contribution is -0.393. The number of non-ortho nitro benzene ring substituents is 1. The second-order valence-corrected chi connectivity index (χ2v) is 5.18. The monoisotopic (exact) mass is 390 g/mol. The van der Waals surface area contributed by atoms with Crippen molar-refractivity contribution in [1.82, 2.24) is 0 Å². The quantitative estimate of drug-likeness (QED) is 0.371. The van der Waals surface area contributed by atoms with Crippen LogP contribution >= 0.6 is 0 Å². The summed E-state index contributed by atoms with van der Waals surface area (Å²) in [7, 11) is 1.38. The molecule has 0 spiro atoms. The largest absolute Gasteiger partial charge is 0.493 e. The van der Waals surface area contributed by atoms with Crippen molar-refractivity contribution in [3.8, 4) is 11.5 Å². The van der Waals surface area contributed by atoms with Crippen LogP contribution in [0.15, 0.2) is 41.5 Å². The number of carboxylic acid groups (broad SMARTS) is 1. The molecule has 0 aliphatic heterocycles. The predicted molar refractivity (Wildman–Crippen MR) is 97.1 cm³/mol. The van der Waals surface area contributed by atoms with Crippen LogP contribution < -0.4 is 14.9 Å². The summed E-state index contributed by atoms with van der Waals surface area (Å²) in [5.41, 5.74) is 2.04. The van der Waals surface area contributed by atoms with Crippen LogP contribution in [0.25, 0.3) is 0 Å². The summed E-state index contributed by atoms with van der Waals surface area (Å²) in [6, 6.07) is 7.69. The van der Waals surface area contributed by atoms with E-state index in [9.17, 15) is 25.0 Å². The van der Waals surface area contributed by atoms with Gasteiger partial charge in [0.25, 0.3) is 5.69 Å². The van der Waals surface area contributed by atoms with Gasteiger partial charge in [-0.25, -0.2) is 4.79 Å². The van der Waals surface area contributed by atoms with Crippen LogP contribution in [-0.2, 0) is 4.79 Å². The van der Waals surface area contributed by atoms with Crippen molar-refractivity contribution in [3.63, 3.8) is 0 Å². The second-order valence-electron chi connectivity index (χ2n) is 5.18. The molecule has 0 unspecified atom stereocenters. The maximum atomic E-state index is 11.1. The zero-order valence-corrected chi connectivity index (χ0v) is 14.4. The Labute approximate surface area is 157 Å². The first kappa shape index (κ1) is 20.1. The van der Waals surface area contributed by atoms with Gasteiger partial charge in [0.05, 0.1) is 29.2 Å². The summed E-state index contributed by atoms with van der Waals surface area (Å²) in [6.45, 7) is -0.533. The van der Waals surface area contributed by atoms with Gasteiger partial charge in [0, 0.05) is 6.07 Å². The van der Waals surface area contributed by atoms with Gasteiger partial charge in [-0.1, -0.05) is 0 Å². The molecule has 28 heavy (non-hydrogen) atoms. The Morgan fingerprint density at radius 1 is 1.18 bits per heavy atom. The van der Waals surface area contributed by atoms with Gasteiger partial charge in [-0.05, 0) is 29.8 Å². The van der Waals surface area contributed by atoms with E-state index in [1.54, 1.807) is 6.07 Å². The number of hydrogen-bond acceptors (Lipinski definition) is 9. The zero-order valence-electron chi connectivity index (χ0n) is 14.4. The van der Waals surface area contributed by atoms with E-state index in [4.69, 9.17) is 14.6 Å². The maximum Gasteiger partial charge on any atom is 0.341 e. The van der Waals surface area contributed by atoms with Gasteiger partial charge in [0.1, 0.15) is 5.69 Å². The van der Waals surface area contributed by atoms with E-state index < -0.39 is 33.8 Å². The summed E-state index contributed by atoms with van der Waals surface area (Å²) in [6.07, 6.45) is 1.33. The number of ether oxygens (including phenoxy) is 2. The minimum atomic E-state index is -1.14. The van der Waals surface area contributed by atoms with Crippen molar-refractivity contribution < 1.29 is 29.2 Å². The number of anilines is 1. The standard InChI is InChI=1S/C16H14N4O8/c1-27-15-6-10(2-5-14(15)28-9-16(21)22)8-17-18-12-4-3-11(19(23)24)7-13(12)20(25)26/h2-8,18H,9H2,1H3,(H,21,22)/b17-8-. The number of nitrogens with one attached hydrogen (secondary N) is 1. The molecule has 2 rings (SSSR count). The predicted octanol–water partition coefficient (Wildman–Crippen LogP) is 2.42. The van der Waals surface area contributed by atoms with Crippen LogP contribution in [0.5, 0.6) is 11.5 Å². The van der Waals surface area contributed by atoms with Crippen molar-refractivity contribution in [1.29, 1.82) is 0 Å². The normalized spacial score (nSPS) is 10.5. The molecule has 0 amide bonds. The molecule has 0 radical (unpaired) electrons. The third kappa shape index (κ3) is 5.14. The molecule has 0 aliphatic rings. The van der Waals surface area contributed by atoms with E-state index in [2.05, 4.69) is 10.5 Å². The number of methoxy groups -OCH3 is 1. The number of nitrogens with zero attached hydrogens (tertiary/aromatic N) is 3. The highest BCUT2D eigenvalue weighted by Gasteiger charge is 2.19. The number of carbonyl (C=O) groups is 1. The Morgan fingerprint density at radius 2 is 1.93 bits per heavy atom. The molecule has 0 saturated carbocycles. The summed E-state index contributed by atoms with van der Waals surface area (Å²) in [5.74, 6) is -0.644. The lowest BCUT2D eigenvalue weighted by Crippen LogP contribution is -2.10. The molecule has 0 atom stereocenters. The molecule has 2 aromatic carbocycles. The Hall–Kier alpha value is -4.22. The van der Waals surface area contributed by atoms with E-state index in [1.165, 1.54) is 31.5 Å². The number of rotatable bonds is 9. The Morgan fingerprint density at radius 3 is 2.54 bits per heavy atom. The fraction of sp³-hybridized carbons (Fsp3) is 0.125. The van der Waals surface area contributed by atoms with Crippen molar-refractivity contribution in [2.24, 2.45) is 5.10 Å². The molecular weight excluding hydrogens is 376 g/mol. The van der Waals surface area contributed by atoms with E-state index in [1.807, 2.05) is 0 Å². The average molecular weight is 390 g/mol. The summed E-state index contributed by atoms with van der Waals surface area (Å²) in [5, 5.41) is 34.3. The lowest BCUT2D eigenvalue weighted by atomic mass is 10.2. The SMILES string of the molecule is COc1cc(/C=N\Nc2ccc([N+](=O)[O-])cc2[N+](=O)[O-])ccc1OCC(=O)O. The van der Waals surface area contributed by atoms with E-state index in [0.29, 0.717) is 5.56 Å². The third-order valence-electron chi connectivity index (χ3n) is 3.33. The van der Waals surface area contributed by atoms with Crippen molar-refractivity contribution >= 4 is 29.2 Å². The Balaban J connectivity index is 2.17. The highest BCUT2D eigenvalue weighted by atomic mass is 16.6. The molecule has 2 N–H and O–H groups in total. The highest BCUT2D eigenvalue weighted by Crippen LogP contribution is 2.29. The molecule has 146 valence electrons. The molecule has 0 heterocycles. The first-order valence-electron chi connectivity index (χ1n) is 7.56. The minimum absolute atomic E-state index is 0.0276. The first-order valence-corrected chi connectivity index (χ1v) is 7.56. The summed E-state index contributed by atoms with van der Waals surface area (Å²) < 4.78 is 10.2. The summed E-state index contributed by atoms with van der Waals surface area (Å²) in [4.78, 5) is 30.9. The third-order valence-corrected chi connectivity index (χ3v) is 3.33. The highest BCUT2D eigenvalue weighted by molar-refractivity contribution is 5.82. The van der Waals surface area contributed by atoms with Crippen molar-refractivity contribution in [2.45, 2.75) is 0 Å². The number of aliphatic carboxylic acids is 1. The number of nitro benzene ring substituents is 2. The van der Waals surface area contributed by atoms with Gasteiger partial charge in [0.2, 0.25) is 0 Å². The molecule has 0 saturated heterocycles. The lowest BCUT2D eigenvalue weighted by Gasteiger charge is -2.09. The van der Waals surface area contributed by atoms with E-state index >= 15 is 0 Å². The zero-order chi connectivity index (χ0) is 20.7. The van der Waals surface area contributed by atoms with Gasteiger partial charge in [-0.3, -0.25) is 25.7 Å². The maximum absolute atomic E-state index is 11.1. The van der Waals surface area contributed by atoms with Gasteiger partial charge in [-0.2, -0.15) is 5.10 Å². The van der Waals surface area contributed by atoms with Crippen LogP contribution in [0.1, 0.15) is 5.56 Å². The molecule has 2 aromatic rings. The number of benzene rings is 2. The van der Waals surface area contributed by atoms with Crippen molar-refractivity contribution in [2.75, 3.05) is 19.1 Å². The van der Waals surface area contributed by atoms with Crippen LogP contribution in [0.3, 0.4) is 0 Å². The topological polar surface area (TPSA) is 166 Å². The average Bonchev–Trinajstić information content (AvgIpc) is 2.66. The number of carboxylic acids is 1. The molecule has 12 heteroatoms. The van der Waals surface area contributed by atoms with Crippen molar-refractivity contribution in [3.05, 3.63) is 62.2 Å². The summed E-state index contributed by atoms with van der Waals surface area (Å²) >= 11 is 0. The van der Waals surface area contributed by atoms with E-state index in [-0.39, 0.29) is 17.2 Å². The van der Waals surface area contributed by atoms with Crippen LogP contribution in [0, 0.1) is 20.2 Å². The second kappa shape index (κ2) is 8.93. The fourth-order valence-electron chi connectivity index (χ4n) is 2.08. The van der Waals surface area contributed by atoms with Crippen LogP contribution in [0.2, 0.25) is 0 Å². The number of hydrogen-bond donors (Lipinski definition) is 2. The molecule has 0 bridgehead atoms. The van der Waals surface area contributed by atoms with Gasteiger partial charge >= 0.3 is 11.7 Å². The molecule has 0 aliphatic carbocycles. The number of hydrazone groups is 1. The number of nitro groups is 2. The Kier molecular flexibility index (Phi) is 6.41. The first-order chi connectivity index (χ1) is 13.3. The Bertz CT molecular complexity index is 944. The minimum Gasteiger partial charge on any atom is -0.493 e. The van der Waals surface area contributed by atoms with Crippen LogP contribution in [0.4, 0.5) is 17.1 Å². The van der Waals surface area contributed by atoms with Gasteiger partial charge < -0.3 is 14.6 Å². The van der Waals surface area contributed by atoms with Gasteiger partial charge in [-0.15, -0.1) is 0 Å². The molecule has 0 aromatic heterocycles. The molecule has 0 fully saturated rings.